The molecule has 0 amide bonds. The SMILES string of the molecule is O=[N+]([O-])c1cc(F)c(F)c(S(=O)[O-])c1.[Na+]. The van der Waals surface area contributed by atoms with Crippen LogP contribution in [0, 0.1) is 21.7 Å². The summed E-state index contributed by atoms with van der Waals surface area (Å²) in [5.41, 5.74) is -0.817. The molecule has 1 rings (SSSR count). The van der Waals surface area contributed by atoms with Crippen molar-refractivity contribution >= 4 is 16.8 Å². The third kappa shape index (κ3) is 3.28. The van der Waals surface area contributed by atoms with E-state index in [1.165, 1.54) is 0 Å². The van der Waals surface area contributed by atoms with Crippen LogP contribution in [0.1, 0.15) is 0 Å². The summed E-state index contributed by atoms with van der Waals surface area (Å²) in [7, 11) is 0. The molecule has 0 aliphatic carbocycles. The van der Waals surface area contributed by atoms with Crippen molar-refractivity contribution in [3.05, 3.63) is 33.9 Å². The predicted octanol–water partition coefficient (Wildman–Crippen LogP) is -1.89. The molecule has 0 aliphatic rings. The predicted molar refractivity (Wildman–Crippen MR) is 40.2 cm³/mol. The van der Waals surface area contributed by atoms with Gasteiger partial charge in [-0.15, -0.1) is 0 Å². The van der Waals surface area contributed by atoms with Crippen LogP contribution in [-0.2, 0) is 11.1 Å². The van der Waals surface area contributed by atoms with Gasteiger partial charge >= 0.3 is 29.6 Å². The summed E-state index contributed by atoms with van der Waals surface area (Å²) < 4.78 is 46.0. The summed E-state index contributed by atoms with van der Waals surface area (Å²) in [4.78, 5) is 8.08. The maximum Gasteiger partial charge on any atom is 1.00 e. The molecule has 5 nitrogen and oxygen atoms in total. The standard InChI is InChI=1S/C6H3F2NO4S.Na/c7-4-1-3(9(10)11)2-5(6(4)8)14(12)13;/h1-2H,(H,12,13);/q;+1/p-1. The average molecular weight is 245 g/mol. The Hall–Kier alpha value is -0.410. The molecule has 0 aromatic heterocycles. The minimum absolute atomic E-state index is 0. The minimum Gasteiger partial charge on any atom is -0.768 e. The summed E-state index contributed by atoms with van der Waals surface area (Å²) in [5.74, 6) is -3.19. The van der Waals surface area contributed by atoms with Crippen LogP contribution in [0.5, 0.6) is 0 Å². The number of rotatable bonds is 2. The molecule has 1 unspecified atom stereocenters. The average Bonchev–Trinajstić information content (AvgIpc) is 2.08. The molecule has 0 bridgehead atoms. The normalized spacial score (nSPS) is 11.7. The Labute approximate surface area is 107 Å². The first-order chi connectivity index (χ1) is 6.43. The van der Waals surface area contributed by atoms with Crippen molar-refractivity contribution in [1.82, 2.24) is 0 Å². The third-order valence-corrected chi connectivity index (χ3v) is 2.03. The van der Waals surface area contributed by atoms with Gasteiger partial charge in [-0.2, -0.15) is 0 Å². The largest absolute Gasteiger partial charge is 1.00 e. The van der Waals surface area contributed by atoms with Crippen molar-refractivity contribution in [2.45, 2.75) is 4.90 Å². The number of nitro benzene ring substituents is 1. The maximum absolute atomic E-state index is 12.7. The Morgan fingerprint density at radius 2 is 1.87 bits per heavy atom. The van der Waals surface area contributed by atoms with Crippen molar-refractivity contribution < 1.29 is 52.0 Å². The quantitative estimate of drug-likeness (QED) is 0.264. The summed E-state index contributed by atoms with van der Waals surface area (Å²) >= 11 is -3.05. The zero-order valence-electron chi connectivity index (χ0n) is 7.40. The Balaban J connectivity index is 0.00000196. The van der Waals surface area contributed by atoms with Gasteiger partial charge in [-0.1, -0.05) is 0 Å². The second-order valence-electron chi connectivity index (χ2n) is 2.23. The van der Waals surface area contributed by atoms with E-state index in [9.17, 15) is 27.7 Å². The fourth-order valence-electron chi connectivity index (χ4n) is 0.777. The van der Waals surface area contributed by atoms with Gasteiger partial charge in [-0.25, -0.2) is 8.78 Å². The van der Waals surface area contributed by atoms with E-state index in [1.807, 2.05) is 0 Å². The Bertz CT molecular complexity index is 428. The molecule has 0 saturated heterocycles. The molecule has 0 aliphatic heterocycles. The molecule has 0 saturated carbocycles. The third-order valence-electron chi connectivity index (χ3n) is 1.37. The van der Waals surface area contributed by atoms with Gasteiger partial charge < -0.3 is 4.55 Å². The van der Waals surface area contributed by atoms with Crippen LogP contribution >= 0.6 is 0 Å². The molecule has 76 valence electrons. The van der Waals surface area contributed by atoms with Gasteiger partial charge in [0.25, 0.3) is 5.69 Å². The molecule has 0 spiro atoms. The molecule has 0 N–H and O–H groups in total. The Kier molecular flexibility index (Phi) is 5.46. The number of nitrogens with zero attached hydrogens (tertiary/aromatic N) is 1. The summed E-state index contributed by atoms with van der Waals surface area (Å²) in [6, 6.07) is 0.757. The first kappa shape index (κ1) is 14.6. The van der Waals surface area contributed by atoms with E-state index in [-0.39, 0.29) is 29.6 Å². The minimum atomic E-state index is -3.05. The van der Waals surface area contributed by atoms with Crippen LogP contribution < -0.4 is 29.6 Å². The Morgan fingerprint density at radius 3 is 2.27 bits per heavy atom. The number of nitro groups is 1. The van der Waals surface area contributed by atoms with Crippen molar-refractivity contribution in [2.24, 2.45) is 0 Å². The molecule has 9 heteroatoms. The smallest absolute Gasteiger partial charge is 0.768 e. The summed E-state index contributed by atoms with van der Waals surface area (Å²) in [6.07, 6.45) is 0. The van der Waals surface area contributed by atoms with E-state index in [1.54, 1.807) is 0 Å². The molecule has 0 radical (unpaired) electrons. The van der Waals surface area contributed by atoms with Crippen molar-refractivity contribution in [3.63, 3.8) is 0 Å². The van der Waals surface area contributed by atoms with E-state index >= 15 is 0 Å². The van der Waals surface area contributed by atoms with Crippen LogP contribution in [0.3, 0.4) is 0 Å². The van der Waals surface area contributed by atoms with Crippen molar-refractivity contribution in [1.29, 1.82) is 0 Å². The molecular formula is C6H2F2NNaO4S. The fraction of sp³-hybridized carbons (Fsp3) is 0. The monoisotopic (exact) mass is 245 g/mol. The Morgan fingerprint density at radius 1 is 1.33 bits per heavy atom. The van der Waals surface area contributed by atoms with Crippen LogP contribution in [0.2, 0.25) is 0 Å². The molecule has 1 aromatic carbocycles. The van der Waals surface area contributed by atoms with E-state index < -0.39 is 38.2 Å². The van der Waals surface area contributed by atoms with Gasteiger partial charge in [0.1, 0.15) is 0 Å². The zero-order valence-corrected chi connectivity index (χ0v) is 10.2. The second kappa shape index (κ2) is 5.61. The van der Waals surface area contributed by atoms with Gasteiger partial charge in [0, 0.05) is 6.07 Å². The van der Waals surface area contributed by atoms with Crippen molar-refractivity contribution in [3.8, 4) is 0 Å². The fourth-order valence-corrected chi connectivity index (χ4v) is 1.24. The van der Waals surface area contributed by atoms with Crippen molar-refractivity contribution in [2.75, 3.05) is 0 Å². The molecule has 1 atom stereocenters. The number of halogens is 2. The van der Waals surface area contributed by atoms with Crippen LogP contribution in [0.15, 0.2) is 17.0 Å². The molecule has 1 aromatic rings. The number of hydrogen-bond acceptors (Lipinski definition) is 4. The number of non-ortho nitro benzene ring substituents is 1. The van der Waals surface area contributed by atoms with Gasteiger partial charge in [0.05, 0.1) is 15.9 Å². The molecular weight excluding hydrogens is 243 g/mol. The van der Waals surface area contributed by atoms with Crippen LogP contribution in [0.25, 0.3) is 0 Å². The number of hydrogen-bond donors (Lipinski definition) is 0. The van der Waals surface area contributed by atoms with Gasteiger partial charge in [0.2, 0.25) is 0 Å². The summed E-state index contributed by atoms with van der Waals surface area (Å²) in [5, 5.41) is 10.2. The number of benzene rings is 1. The van der Waals surface area contributed by atoms with Gasteiger partial charge in [0.15, 0.2) is 11.6 Å². The molecule has 15 heavy (non-hydrogen) atoms. The van der Waals surface area contributed by atoms with E-state index in [2.05, 4.69) is 0 Å². The first-order valence-electron chi connectivity index (χ1n) is 3.16. The van der Waals surface area contributed by atoms with Gasteiger partial charge in [-0.05, 0) is 11.1 Å². The maximum atomic E-state index is 12.7. The van der Waals surface area contributed by atoms with E-state index in [4.69, 9.17) is 0 Å². The zero-order chi connectivity index (χ0) is 10.9. The van der Waals surface area contributed by atoms with Crippen LogP contribution in [0.4, 0.5) is 14.5 Å². The summed E-state index contributed by atoms with van der Waals surface area (Å²) in [6.45, 7) is 0. The first-order valence-corrected chi connectivity index (χ1v) is 4.23. The van der Waals surface area contributed by atoms with Gasteiger partial charge in [-0.3, -0.25) is 14.3 Å². The van der Waals surface area contributed by atoms with E-state index in [0.717, 1.165) is 0 Å². The molecule has 0 heterocycles. The second-order valence-corrected chi connectivity index (χ2v) is 3.14. The van der Waals surface area contributed by atoms with E-state index in [0.29, 0.717) is 12.1 Å². The van der Waals surface area contributed by atoms with Crippen LogP contribution in [-0.4, -0.2) is 13.7 Å². The topological polar surface area (TPSA) is 83.3 Å². The molecule has 0 fully saturated rings.